The highest BCUT2D eigenvalue weighted by Crippen LogP contribution is 2.32. The molecule has 1 saturated heterocycles. The van der Waals surface area contributed by atoms with Gasteiger partial charge in [0.1, 0.15) is 0 Å². The Balaban J connectivity index is 2.33. The molecule has 7 heteroatoms. The largest absolute Gasteiger partial charge is 0.392 e. The van der Waals surface area contributed by atoms with Gasteiger partial charge in [-0.15, -0.1) is 11.3 Å². The monoisotopic (exact) mass is 339 g/mol. The lowest BCUT2D eigenvalue weighted by Crippen LogP contribution is -2.42. The number of aliphatic hydroxyl groups is 1. The maximum Gasteiger partial charge on any atom is 0.244 e. The van der Waals surface area contributed by atoms with Crippen molar-refractivity contribution in [3.63, 3.8) is 0 Å². The molecule has 0 spiro atoms. The first-order valence-electron chi connectivity index (χ1n) is 5.35. The minimum atomic E-state index is -3.45. The van der Waals surface area contributed by atoms with Crippen LogP contribution in [0.5, 0.6) is 0 Å². The van der Waals surface area contributed by atoms with Gasteiger partial charge in [-0.05, 0) is 41.8 Å². The van der Waals surface area contributed by atoms with Crippen LogP contribution >= 0.6 is 27.3 Å². The third-order valence-electron chi connectivity index (χ3n) is 2.82. The van der Waals surface area contributed by atoms with Crippen LogP contribution < -0.4 is 0 Å². The summed E-state index contributed by atoms with van der Waals surface area (Å²) in [6, 6.07) is 1.64. The molecule has 2 rings (SSSR count). The van der Waals surface area contributed by atoms with Gasteiger partial charge >= 0.3 is 0 Å². The summed E-state index contributed by atoms with van der Waals surface area (Å²) in [5.41, 5.74) is 0. The second-order valence-corrected chi connectivity index (χ2v) is 8.67. The van der Waals surface area contributed by atoms with Crippen molar-refractivity contribution >= 4 is 37.3 Å². The van der Waals surface area contributed by atoms with Gasteiger partial charge in [0.25, 0.3) is 0 Å². The summed E-state index contributed by atoms with van der Waals surface area (Å²) in [6.07, 6.45) is 0.851. The van der Waals surface area contributed by atoms with Crippen molar-refractivity contribution in [3.8, 4) is 0 Å². The third-order valence-corrected chi connectivity index (χ3v) is 6.49. The second-order valence-electron chi connectivity index (χ2n) is 4.13. The van der Waals surface area contributed by atoms with Crippen LogP contribution in [0.15, 0.2) is 14.7 Å². The Hall–Kier alpha value is 0.0500. The van der Waals surface area contributed by atoms with E-state index in [-0.39, 0.29) is 6.54 Å². The SMILES string of the molecule is Cc1sc(Br)cc1S(=O)(=O)N1CCCC(O)C1. The Morgan fingerprint density at radius 1 is 1.59 bits per heavy atom. The Labute approximate surface area is 113 Å². The summed E-state index contributed by atoms with van der Waals surface area (Å²) in [5, 5.41) is 9.55. The van der Waals surface area contributed by atoms with Crippen LogP contribution in [0.25, 0.3) is 0 Å². The van der Waals surface area contributed by atoms with Crippen molar-refractivity contribution in [1.82, 2.24) is 4.31 Å². The molecule has 0 radical (unpaired) electrons. The van der Waals surface area contributed by atoms with Crippen molar-refractivity contribution < 1.29 is 13.5 Å². The van der Waals surface area contributed by atoms with Crippen LogP contribution in [0.4, 0.5) is 0 Å². The van der Waals surface area contributed by atoms with Crippen molar-refractivity contribution in [2.75, 3.05) is 13.1 Å². The normalized spacial score (nSPS) is 22.9. The van der Waals surface area contributed by atoms with Crippen molar-refractivity contribution in [1.29, 1.82) is 0 Å². The van der Waals surface area contributed by atoms with Gasteiger partial charge in [0.2, 0.25) is 10.0 Å². The smallest absolute Gasteiger partial charge is 0.244 e. The van der Waals surface area contributed by atoms with Gasteiger partial charge in [0.15, 0.2) is 0 Å². The Morgan fingerprint density at radius 2 is 2.29 bits per heavy atom. The predicted octanol–water partition coefficient (Wildman–Crippen LogP) is 1.96. The first-order chi connectivity index (χ1) is 7.91. The van der Waals surface area contributed by atoms with Gasteiger partial charge < -0.3 is 5.11 Å². The number of hydrogen-bond acceptors (Lipinski definition) is 4. The molecule has 0 amide bonds. The molecule has 1 unspecified atom stereocenters. The molecule has 2 heterocycles. The van der Waals surface area contributed by atoms with Gasteiger partial charge in [-0.25, -0.2) is 8.42 Å². The minimum Gasteiger partial charge on any atom is -0.392 e. The fourth-order valence-corrected chi connectivity index (χ4v) is 5.86. The molecule has 17 heavy (non-hydrogen) atoms. The molecule has 0 saturated carbocycles. The lowest BCUT2D eigenvalue weighted by Gasteiger charge is -2.29. The number of hydrogen-bond donors (Lipinski definition) is 1. The average Bonchev–Trinajstić information content (AvgIpc) is 2.58. The number of piperidine rings is 1. The first-order valence-corrected chi connectivity index (χ1v) is 8.40. The predicted molar refractivity (Wildman–Crippen MR) is 70.8 cm³/mol. The van der Waals surface area contributed by atoms with Crippen molar-refractivity contribution in [3.05, 3.63) is 14.7 Å². The number of nitrogens with zero attached hydrogens (tertiary/aromatic N) is 1. The maximum absolute atomic E-state index is 12.4. The molecular formula is C10H14BrNO3S2. The number of aliphatic hydroxyl groups excluding tert-OH is 1. The standard InChI is InChI=1S/C10H14BrNO3S2/c1-7-9(5-10(11)16-7)17(14,15)12-4-2-3-8(13)6-12/h5,8,13H,2-4,6H2,1H3. The van der Waals surface area contributed by atoms with Gasteiger partial charge in [0, 0.05) is 18.0 Å². The van der Waals surface area contributed by atoms with Crippen LogP contribution in [0.1, 0.15) is 17.7 Å². The van der Waals surface area contributed by atoms with Crippen LogP contribution in [0.3, 0.4) is 0 Å². The van der Waals surface area contributed by atoms with Crippen molar-refractivity contribution in [2.45, 2.75) is 30.8 Å². The highest BCUT2D eigenvalue weighted by atomic mass is 79.9. The lowest BCUT2D eigenvalue weighted by molar-refractivity contribution is 0.108. The number of sulfonamides is 1. The summed E-state index contributed by atoms with van der Waals surface area (Å²) in [7, 11) is -3.45. The highest BCUT2D eigenvalue weighted by Gasteiger charge is 2.31. The molecule has 0 aliphatic carbocycles. The molecule has 1 fully saturated rings. The topological polar surface area (TPSA) is 57.6 Å². The molecule has 1 N–H and O–H groups in total. The van der Waals surface area contributed by atoms with E-state index in [2.05, 4.69) is 15.9 Å². The maximum atomic E-state index is 12.4. The van der Waals surface area contributed by atoms with Crippen molar-refractivity contribution in [2.24, 2.45) is 0 Å². The molecular weight excluding hydrogens is 326 g/mol. The summed E-state index contributed by atoms with van der Waals surface area (Å²) < 4.78 is 26.9. The minimum absolute atomic E-state index is 0.204. The van der Waals surface area contributed by atoms with E-state index in [1.165, 1.54) is 15.6 Å². The summed E-state index contributed by atoms with van der Waals surface area (Å²) >= 11 is 4.71. The van der Waals surface area contributed by atoms with Crippen LogP contribution in [0.2, 0.25) is 0 Å². The van der Waals surface area contributed by atoms with E-state index >= 15 is 0 Å². The molecule has 4 nitrogen and oxygen atoms in total. The molecule has 0 aromatic carbocycles. The highest BCUT2D eigenvalue weighted by molar-refractivity contribution is 9.11. The van der Waals surface area contributed by atoms with E-state index in [0.29, 0.717) is 24.3 Å². The van der Waals surface area contributed by atoms with E-state index < -0.39 is 16.1 Å². The van der Waals surface area contributed by atoms with Crippen LogP contribution in [-0.2, 0) is 10.0 Å². The number of aryl methyl sites for hydroxylation is 1. The van der Waals surface area contributed by atoms with E-state index in [4.69, 9.17) is 0 Å². The summed E-state index contributed by atoms with van der Waals surface area (Å²) in [4.78, 5) is 1.13. The Bertz CT molecular complexity index is 512. The number of rotatable bonds is 2. The summed E-state index contributed by atoms with van der Waals surface area (Å²) in [6.45, 7) is 2.49. The van der Waals surface area contributed by atoms with Gasteiger partial charge in [-0.2, -0.15) is 4.31 Å². The molecule has 0 bridgehead atoms. The summed E-state index contributed by atoms with van der Waals surface area (Å²) in [5.74, 6) is 0. The number of β-amino-alcohol motifs (C(OH)–C–C–N with tert-alkyl or cyclic N) is 1. The molecule has 1 atom stereocenters. The fraction of sp³-hybridized carbons (Fsp3) is 0.600. The molecule has 1 aromatic heterocycles. The van der Waals surface area contributed by atoms with Crippen LogP contribution in [0, 0.1) is 6.92 Å². The quantitative estimate of drug-likeness (QED) is 0.896. The van der Waals surface area contributed by atoms with Crippen LogP contribution in [-0.4, -0.2) is 37.0 Å². The number of thiophene rings is 1. The van der Waals surface area contributed by atoms with E-state index in [0.717, 1.165) is 8.66 Å². The first kappa shape index (κ1) is 13.5. The molecule has 96 valence electrons. The average molecular weight is 340 g/mol. The molecule has 1 aromatic rings. The molecule has 1 aliphatic heterocycles. The fourth-order valence-electron chi connectivity index (χ4n) is 1.97. The van der Waals surface area contributed by atoms with Gasteiger partial charge in [-0.1, -0.05) is 0 Å². The third kappa shape index (κ3) is 2.73. The van der Waals surface area contributed by atoms with E-state index in [1.807, 2.05) is 0 Å². The zero-order chi connectivity index (χ0) is 12.6. The lowest BCUT2D eigenvalue weighted by atomic mass is 10.1. The van der Waals surface area contributed by atoms with E-state index in [9.17, 15) is 13.5 Å². The Kier molecular flexibility index (Phi) is 3.94. The van der Waals surface area contributed by atoms with Gasteiger partial charge in [0.05, 0.1) is 14.8 Å². The second kappa shape index (κ2) is 4.97. The van der Waals surface area contributed by atoms with Gasteiger partial charge in [-0.3, -0.25) is 0 Å². The Morgan fingerprint density at radius 3 is 2.82 bits per heavy atom. The zero-order valence-electron chi connectivity index (χ0n) is 9.39. The van der Waals surface area contributed by atoms with E-state index in [1.54, 1.807) is 13.0 Å². The molecule has 1 aliphatic rings. The zero-order valence-corrected chi connectivity index (χ0v) is 12.6. The number of halogens is 1.